The van der Waals surface area contributed by atoms with Crippen molar-refractivity contribution in [2.45, 2.75) is 32.7 Å². The number of rotatable bonds is 1. The van der Waals surface area contributed by atoms with Crippen LogP contribution in [0.3, 0.4) is 0 Å². The van der Waals surface area contributed by atoms with Gasteiger partial charge in [0.25, 0.3) is 0 Å². The third kappa shape index (κ3) is 1.99. The fraction of sp³-hybridized carbons (Fsp3) is 0.538. The van der Waals surface area contributed by atoms with E-state index in [4.69, 9.17) is 5.73 Å². The average molecular weight is 222 g/mol. The minimum atomic E-state index is -0.265. The van der Waals surface area contributed by atoms with Crippen LogP contribution in [0.2, 0.25) is 0 Å². The lowest BCUT2D eigenvalue weighted by molar-refractivity contribution is 0.364. The molecule has 1 fully saturated rings. The molecule has 1 saturated heterocycles. The highest BCUT2D eigenvalue weighted by molar-refractivity contribution is 5.68. The fourth-order valence-electron chi connectivity index (χ4n) is 2.46. The minimum Gasteiger partial charge on any atom is -0.397 e. The summed E-state index contributed by atoms with van der Waals surface area (Å²) in [6.45, 7) is 5.49. The first-order valence-electron chi connectivity index (χ1n) is 5.91. The Morgan fingerprint density at radius 2 is 2.12 bits per heavy atom. The Hall–Kier alpha value is -1.25. The summed E-state index contributed by atoms with van der Waals surface area (Å²) >= 11 is 0. The molecule has 0 spiro atoms. The predicted octanol–water partition coefficient (Wildman–Crippen LogP) is 3.03. The number of hydrogen-bond acceptors (Lipinski definition) is 2. The number of hydrogen-bond donors (Lipinski definition) is 1. The molecule has 1 aromatic rings. The molecule has 16 heavy (non-hydrogen) atoms. The molecule has 0 aromatic heterocycles. The Morgan fingerprint density at radius 1 is 1.38 bits per heavy atom. The molecule has 2 N–H and O–H groups in total. The molecule has 0 amide bonds. The van der Waals surface area contributed by atoms with Crippen LogP contribution in [0, 0.1) is 11.7 Å². The lowest BCUT2D eigenvalue weighted by atomic mass is 9.91. The van der Waals surface area contributed by atoms with Crippen LogP contribution in [0.25, 0.3) is 0 Å². The zero-order valence-electron chi connectivity index (χ0n) is 9.91. The second kappa shape index (κ2) is 4.32. The van der Waals surface area contributed by atoms with Crippen molar-refractivity contribution in [3.63, 3.8) is 0 Å². The standard InChI is InChI=1S/C13H19FN2/c1-9-4-3-7-16(10(9)2)13-6-5-11(14)8-12(13)15/h5-6,8-10H,3-4,7,15H2,1-2H3. The summed E-state index contributed by atoms with van der Waals surface area (Å²) in [6.07, 6.45) is 2.45. The van der Waals surface area contributed by atoms with Crippen LogP contribution in [0.15, 0.2) is 18.2 Å². The van der Waals surface area contributed by atoms with Crippen molar-refractivity contribution in [3.05, 3.63) is 24.0 Å². The third-order valence-electron chi connectivity index (χ3n) is 3.67. The van der Waals surface area contributed by atoms with Crippen molar-refractivity contribution >= 4 is 11.4 Å². The van der Waals surface area contributed by atoms with E-state index in [1.807, 2.05) is 0 Å². The Balaban J connectivity index is 2.29. The Labute approximate surface area is 96.2 Å². The maximum Gasteiger partial charge on any atom is 0.125 e. The lowest BCUT2D eigenvalue weighted by Gasteiger charge is -2.40. The highest BCUT2D eigenvalue weighted by Gasteiger charge is 2.25. The summed E-state index contributed by atoms with van der Waals surface area (Å²) in [5.74, 6) is 0.400. The smallest absolute Gasteiger partial charge is 0.125 e. The van der Waals surface area contributed by atoms with Crippen LogP contribution in [-0.4, -0.2) is 12.6 Å². The van der Waals surface area contributed by atoms with Gasteiger partial charge in [-0.1, -0.05) is 6.92 Å². The molecule has 88 valence electrons. The molecular weight excluding hydrogens is 203 g/mol. The topological polar surface area (TPSA) is 29.3 Å². The van der Waals surface area contributed by atoms with Crippen LogP contribution in [0.4, 0.5) is 15.8 Å². The number of halogens is 1. The summed E-state index contributed by atoms with van der Waals surface area (Å²) in [5, 5.41) is 0. The van der Waals surface area contributed by atoms with Crippen molar-refractivity contribution in [2.75, 3.05) is 17.2 Å². The third-order valence-corrected chi connectivity index (χ3v) is 3.67. The SMILES string of the molecule is CC1CCCN(c2ccc(F)cc2N)C1C. The van der Waals surface area contributed by atoms with E-state index in [2.05, 4.69) is 18.7 Å². The van der Waals surface area contributed by atoms with Gasteiger partial charge in [-0.05, 0) is 43.9 Å². The van der Waals surface area contributed by atoms with Crippen LogP contribution in [0.1, 0.15) is 26.7 Å². The number of nitrogens with zero attached hydrogens (tertiary/aromatic N) is 1. The average Bonchev–Trinajstić information content (AvgIpc) is 2.23. The van der Waals surface area contributed by atoms with Gasteiger partial charge in [0, 0.05) is 12.6 Å². The van der Waals surface area contributed by atoms with E-state index < -0.39 is 0 Å². The summed E-state index contributed by atoms with van der Waals surface area (Å²) in [5.41, 5.74) is 7.39. The predicted molar refractivity (Wildman–Crippen MR) is 66.0 cm³/mol. The number of anilines is 2. The van der Waals surface area contributed by atoms with E-state index >= 15 is 0 Å². The summed E-state index contributed by atoms with van der Waals surface area (Å²) in [6, 6.07) is 5.15. The van der Waals surface area contributed by atoms with E-state index in [-0.39, 0.29) is 5.82 Å². The number of nitrogens with two attached hydrogens (primary N) is 1. The van der Waals surface area contributed by atoms with Gasteiger partial charge in [0.05, 0.1) is 11.4 Å². The Morgan fingerprint density at radius 3 is 2.81 bits per heavy atom. The van der Waals surface area contributed by atoms with Crippen molar-refractivity contribution < 1.29 is 4.39 Å². The van der Waals surface area contributed by atoms with Gasteiger partial charge in [0.1, 0.15) is 5.82 Å². The van der Waals surface area contributed by atoms with Crippen LogP contribution in [0.5, 0.6) is 0 Å². The Bertz CT molecular complexity index is 378. The molecule has 0 saturated carbocycles. The second-order valence-electron chi connectivity index (χ2n) is 4.76. The molecule has 1 heterocycles. The van der Waals surface area contributed by atoms with Crippen molar-refractivity contribution in [2.24, 2.45) is 5.92 Å². The van der Waals surface area contributed by atoms with Gasteiger partial charge in [-0.2, -0.15) is 0 Å². The zero-order valence-corrected chi connectivity index (χ0v) is 9.91. The molecule has 2 nitrogen and oxygen atoms in total. The fourth-order valence-corrected chi connectivity index (χ4v) is 2.46. The normalized spacial score (nSPS) is 25.8. The lowest BCUT2D eigenvalue weighted by Crippen LogP contribution is -2.42. The summed E-state index contributed by atoms with van der Waals surface area (Å²) in [4.78, 5) is 2.29. The van der Waals surface area contributed by atoms with Crippen molar-refractivity contribution in [1.82, 2.24) is 0 Å². The molecule has 1 aliphatic heterocycles. The first kappa shape index (κ1) is 11.2. The zero-order chi connectivity index (χ0) is 11.7. The van der Waals surface area contributed by atoms with E-state index in [9.17, 15) is 4.39 Å². The van der Waals surface area contributed by atoms with Gasteiger partial charge in [-0.3, -0.25) is 0 Å². The molecule has 1 aliphatic rings. The van der Waals surface area contributed by atoms with Gasteiger partial charge >= 0.3 is 0 Å². The quantitative estimate of drug-likeness (QED) is 0.740. The van der Waals surface area contributed by atoms with E-state index in [1.54, 1.807) is 6.07 Å². The largest absolute Gasteiger partial charge is 0.397 e. The van der Waals surface area contributed by atoms with E-state index in [0.29, 0.717) is 17.6 Å². The molecule has 0 aliphatic carbocycles. The highest BCUT2D eigenvalue weighted by atomic mass is 19.1. The van der Waals surface area contributed by atoms with Gasteiger partial charge in [0.2, 0.25) is 0 Å². The number of nitrogen functional groups attached to an aromatic ring is 1. The molecule has 0 radical (unpaired) electrons. The van der Waals surface area contributed by atoms with Crippen LogP contribution >= 0.6 is 0 Å². The number of benzene rings is 1. The molecule has 1 aromatic carbocycles. The first-order chi connectivity index (χ1) is 7.59. The van der Waals surface area contributed by atoms with E-state index in [1.165, 1.54) is 25.0 Å². The maximum atomic E-state index is 13.0. The van der Waals surface area contributed by atoms with Crippen molar-refractivity contribution in [1.29, 1.82) is 0 Å². The maximum absolute atomic E-state index is 13.0. The first-order valence-corrected chi connectivity index (χ1v) is 5.91. The summed E-state index contributed by atoms with van der Waals surface area (Å²) in [7, 11) is 0. The van der Waals surface area contributed by atoms with Gasteiger partial charge in [0.15, 0.2) is 0 Å². The van der Waals surface area contributed by atoms with Gasteiger partial charge in [-0.25, -0.2) is 4.39 Å². The minimum absolute atomic E-state index is 0.265. The summed E-state index contributed by atoms with van der Waals surface area (Å²) < 4.78 is 13.0. The van der Waals surface area contributed by atoms with Crippen LogP contribution in [-0.2, 0) is 0 Å². The van der Waals surface area contributed by atoms with Crippen LogP contribution < -0.4 is 10.6 Å². The molecule has 3 heteroatoms. The van der Waals surface area contributed by atoms with Gasteiger partial charge in [-0.15, -0.1) is 0 Å². The molecule has 2 unspecified atom stereocenters. The monoisotopic (exact) mass is 222 g/mol. The number of piperidine rings is 1. The Kier molecular flexibility index (Phi) is 3.03. The molecule has 2 rings (SSSR count). The molecule has 0 bridgehead atoms. The van der Waals surface area contributed by atoms with Crippen molar-refractivity contribution in [3.8, 4) is 0 Å². The second-order valence-corrected chi connectivity index (χ2v) is 4.76. The molecule has 2 atom stereocenters. The highest BCUT2D eigenvalue weighted by Crippen LogP contribution is 2.32. The van der Waals surface area contributed by atoms with E-state index in [0.717, 1.165) is 12.2 Å². The van der Waals surface area contributed by atoms with Gasteiger partial charge < -0.3 is 10.6 Å². The molecular formula is C13H19FN2.